The number of nitrogens with one attached hydrogen (secondary N) is 1. The van der Waals surface area contributed by atoms with Gasteiger partial charge in [-0.05, 0) is 31.5 Å². The van der Waals surface area contributed by atoms with Gasteiger partial charge in [-0.1, -0.05) is 18.5 Å². The summed E-state index contributed by atoms with van der Waals surface area (Å²) in [6.07, 6.45) is 1.77. The zero-order chi connectivity index (χ0) is 16.9. The van der Waals surface area contributed by atoms with Crippen LogP contribution in [0, 0.1) is 0 Å². The first-order chi connectivity index (χ1) is 10.1. The molecule has 1 aromatic rings. The first kappa shape index (κ1) is 18.4. The maximum atomic E-state index is 11.9. The van der Waals surface area contributed by atoms with E-state index in [1.54, 1.807) is 0 Å². The van der Waals surface area contributed by atoms with E-state index in [0.29, 0.717) is 0 Å². The van der Waals surface area contributed by atoms with Gasteiger partial charge in [0.25, 0.3) is 5.91 Å². The summed E-state index contributed by atoms with van der Waals surface area (Å²) in [5.41, 5.74) is -0.0964. The van der Waals surface area contributed by atoms with E-state index in [4.69, 9.17) is 16.3 Å². The fraction of sp³-hybridized carbons (Fsp3) is 0.429. The number of carbonyl (C=O) groups is 2. The highest BCUT2D eigenvalue weighted by molar-refractivity contribution is 7.90. The number of hydrogen-bond donors (Lipinski definition) is 1. The van der Waals surface area contributed by atoms with E-state index in [2.05, 4.69) is 5.32 Å². The molecule has 1 rings (SSSR count). The molecule has 6 nitrogen and oxygen atoms in total. The average Bonchev–Trinajstić information content (AvgIpc) is 2.43. The van der Waals surface area contributed by atoms with Crippen LogP contribution in [0.3, 0.4) is 0 Å². The van der Waals surface area contributed by atoms with Gasteiger partial charge in [0, 0.05) is 12.3 Å². The predicted octanol–water partition coefficient (Wildman–Crippen LogP) is 1.81. The van der Waals surface area contributed by atoms with Crippen LogP contribution in [0.4, 0.5) is 0 Å². The van der Waals surface area contributed by atoms with Gasteiger partial charge in [-0.25, -0.2) is 13.2 Å². The Morgan fingerprint density at radius 2 is 2.00 bits per heavy atom. The van der Waals surface area contributed by atoms with Gasteiger partial charge in [-0.15, -0.1) is 0 Å². The van der Waals surface area contributed by atoms with E-state index in [1.807, 2.05) is 13.8 Å². The van der Waals surface area contributed by atoms with Crippen molar-refractivity contribution < 1.29 is 22.7 Å². The van der Waals surface area contributed by atoms with Crippen molar-refractivity contribution in [2.45, 2.75) is 31.2 Å². The van der Waals surface area contributed by atoms with Crippen LogP contribution in [0.15, 0.2) is 23.1 Å². The van der Waals surface area contributed by atoms with Gasteiger partial charge < -0.3 is 10.1 Å². The van der Waals surface area contributed by atoms with Crippen molar-refractivity contribution in [3.8, 4) is 0 Å². The second kappa shape index (κ2) is 7.60. The molecule has 0 aliphatic carbocycles. The topological polar surface area (TPSA) is 89.5 Å². The van der Waals surface area contributed by atoms with Gasteiger partial charge in [0.15, 0.2) is 16.4 Å². The summed E-state index contributed by atoms with van der Waals surface area (Å²) < 4.78 is 27.8. The molecule has 0 aliphatic rings. The molecule has 0 fully saturated rings. The molecule has 22 heavy (non-hydrogen) atoms. The van der Waals surface area contributed by atoms with E-state index in [1.165, 1.54) is 12.1 Å². The molecule has 0 aromatic heterocycles. The van der Waals surface area contributed by atoms with Crippen molar-refractivity contribution in [3.63, 3.8) is 0 Å². The third kappa shape index (κ3) is 5.31. The van der Waals surface area contributed by atoms with Crippen LogP contribution in [0.25, 0.3) is 0 Å². The van der Waals surface area contributed by atoms with E-state index < -0.39 is 28.3 Å². The molecule has 122 valence electrons. The third-order valence-corrected chi connectivity index (χ3v) is 4.38. The van der Waals surface area contributed by atoms with Gasteiger partial charge in [0.2, 0.25) is 0 Å². The van der Waals surface area contributed by atoms with Gasteiger partial charge in [-0.3, -0.25) is 4.79 Å². The average molecular weight is 348 g/mol. The molecular formula is C14H18ClNO5S. The Hall–Kier alpha value is -1.60. The SMILES string of the molecule is CC[C@H](C)NC(=O)COC(=O)c1cc(S(C)(=O)=O)ccc1Cl. The fourth-order valence-corrected chi connectivity index (χ4v) is 2.36. The lowest BCUT2D eigenvalue weighted by molar-refractivity contribution is -0.124. The van der Waals surface area contributed by atoms with Crippen LogP contribution in [0.2, 0.25) is 5.02 Å². The molecular weight excluding hydrogens is 330 g/mol. The summed E-state index contributed by atoms with van der Waals surface area (Å²) in [7, 11) is -3.47. The highest BCUT2D eigenvalue weighted by Gasteiger charge is 2.18. The summed E-state index contributed by atoms with van der Waals surface area (Å²) in [5, 5.41) is 2.70. The van der Waals surface area contributed by atoms with Gasteiger partial charge >= 0.3 is 5.97 Å². The summed E-state index contributed by atoms with van der Waals surface area (Å²) in [6, 6.07) is 3.70. The lowest BCUT2D eigenvalue weighted by atomic mass is 10.2. The van der Waals surface area contributed by atoms with E-state index in [9.17, 15) is 18.0 Å². The fourth-order valence-electron chi connectivity index (χ4n) is 1.52. The summed E-state index contributed by atoms with van der Waals surface area (Å²) >= 11 is 5.87. The molecule has 1 atom stereocenters. The summed E-state index contributed by atoms with van der Waals surface area (Å²) in [4.78, 5) is 23.4. The maximum absolute atomic E-state index is 11.9. The Labute approximate surface area is 134 Å². The minimum Gasteiger partial charge on any atom is -0.452 e. The molecule has 0 heterocycles. The quantitative estimate of drug-likeness (QED) is 0.793. The first-order valence-electron chi connectivity index (χ1n) is 6.61. The second-order valence-corrected chi connectivity index (χ2v) is 7.29. The normalized spacial score (nSPS) is 12.5. The Morgan fingerprint density at radius 3 is 2.55 bits per heavy atom. The largest absolute Gasteiger partial charge is 0.452 e. The molecule has 1 aromatic carbocycles. The van der Waals surface area contributed by atoms with Crippen molar-refractivity contribution in [1.82, 2.24) is 5.32 Å². The molecule has 0 unspecified atom stereocenters. The number of esters is 1. The number of rotatable bonds is 6. The van der Waals surface area contributed by atoms with E-state index in [-0.39, 0.29) is 21.5 Å². The van der Waals surface area contributed by atoms with Crippen LogP contribution >= 0.6 is 11.6 Å². The van der Waals surface area contributed by atoms with E-state index >= 15 is 0 Å². The number of sulfone groups is 1. The number of ether oxygens (including phenoxy) is 1. The van der Waals surface area contributed by atoms with Crippen molar-refractivity contribution in [2.75, 3.05) is 12.9 Å². The minimum absolute atomic E-state index is 0.0247. The molecule has 0 saturated carbocycles. The molecule has 1 N–H and O–H groups in total. The third-order valence-electron chi connectivity index (χ3n) is 2.94. The smallest absolute Gasteiger partial charge is 0.340 e. The first-order valence-corrected chi connectivity index (χ1v) is 8.88. The van der Waals surface area contributed by atoms with Crippen molar-refractivity contribution in [1.29, 1.82) is 0 Å². The molecule has 0 spiro atoms. The zero-order valence-corrected chi connectivity index (χ0v) is 14.1. The number of amides is 1. The number of carbonyl (C=O) groups excluding carboxylic acids is 2. The Kier molecular flexibility index (Phi) is 6.37. The van der Waals surface area contributed by atoms with Crippen molar-refractivity contribution >= 4 is 33.3 Å². The van der Waals surface area contributed by atoms with Crippen molar-refractivity contribution in [2.24, 2.45) is 0 Å². The van der Waals surface area contributed by atoms with Crippen LogP contribution < -0.4 is 5.32 Å². The molecule has 0 radical (unpaired) electrons. The molecule has 1 amide bonds. The van der Waals surface area contributed by atoms with E-state index in [0.717, 1.165) is 18.7 Å². The molecule has 0 aliphatic heterocycles. The molecule has 0 saturated heterocycles. The lowest BCUT2D eigenvalue weighted by Crippen LogP contribution is -2.35. The van der Waals surface area contributed by atoms with Crippen LogP contribution in [-0.4, -0.2) is 39.2 Å². The predicted molar refractivity (Wildman–Crippen MR) is 82.7 cm³/mol. The zero-order valence-electron chi connectivity index (χ0n) is 12.6. The number of hydrogen-bond acceptors (Lipinski definition) is 5. The molecule has 8 heteroatoms. The van der Waals surface area contributed by atoms with Gasteiger partial charge in [0.05, 0.1) is 15.5 Å². The highest BCUT2D eigenvalue weighted by Crippen LogP contribution is 2.21. The Balaban J connectivity index is 2.80. The Bertz CT molecular complexity index is 672. The Morgan fingerprint density at radius 1 is 1.36 bits per heavy atom. The van der Waals surface area contributed by atoms with Crippen LogP contribution in [-0.2, 0) is 19.4 Å². The monoisotopic (exact) mass is 347 g/mol. The second-order valence-electron chi connectivity index (χ2n) is 4.87. The number of benzene rings is 1. The van der Waals surface area contributed by atoms with Crippen LogP contribution in [0.5, 0.6) is 0 Å². The lowest BCUT2D eigenvalue weighted by Gasteiger charge is -2.12. The molecule has 0 bridgehead atoms. The summed E-state index contributed by atoms with van der Waals surface area (Å²) in [5.74, 6) is -1.28. The van der Waals surface area contributed by atoms with Crippen molar-refractivity contribution in [3.05, 3.63) is 28.8 Å². The standard InChI is InChI=1S/C14H18ClNO5S/c1-4-9(2)16-13(17)8-21-14(18)11-7-10(22(3,19)20)5-6-12(11)15/h5-7,9H,4,8H2,1-3H3,(H,16,17)/t9-/m0/s1. The summed E-state index contributed by atoms with van der Waals surface area (Å²) in [6.45, 7) is 3.28. The number of halogens is 1. The highest BCUT2D eigenvalue weighted by atomic mass is 35.5. The van der Waals surface area contributed by atoms with Crippen LogP contribution in [0.1, 0.15) is 30.6 Å². The maximum Gasteiger partial charge on any atom is 0.340 e. The van der Waals surface area contributed by atoms with Gasteiger partial charge in [-0.2, -0.15) is 0 Å². The minimum atomic E-state index is -3.47. The van der Waals surface area contributed by atoms with Gasteiger partial charge in [0.1, 0.15) is 0 Å².